The van der Waals surface area contributed by atoms with Gasteiger partial charge in [-0.25, -0.2) is 4.89 Å². The number of unbranched alkanes of at least 4 members (excludes halogenated alkanes) is 9. The second-order valence-electron chi connectivity index (χ2n) is 4.81. The Morgan fingerprint density at radius 3 is 1.52 bits per heavy atom. The second-order valence-corrected chi connectivity index (χ2v) is 5.80. The van der Waals surface area contributed by atoms with Crippen molar-refractivity contribution in [2.75, 3.05) is 13.2 Å². The first-order chi connectivity index (χ1) is 9.97. The van der Waals surface area contributed by atoms with Crippen molar-refractivity contribution in [3.63, 3.8) is 0 Å². The van der Waals surface area contributed by atoms with Gasteiger partial charge in [0.05, 0.1) is 6.61 Å². The Balaban J connectivity index is 0. The third-order valence-electron chi connectivity index (χ3n) is 2.76. The summed E-state index contributed by atoms with van der Waals surface area (Å²) in [6, 6.07) is 0. The largest absolute Gasteiger partial charge is 0.424 e. The Morgan fingerprint density at radius 1 is 0.810 bits per heavy atom. The lowest BCUT2D eigenvalue weighted by Gasteiger charge is -2.00. The van der Waals surface area contributed by atoms with Gasteiger partial charge >= 0.3 is 10.4 Å². The van der Waals surface area contributed by atoms with Crippen LogP contribution in [-0.2, 0) is 19.6 Å². The Labute approximate surface area is 129 Å². The zero-order valence-electron chi connectivity index (χ0n) is 13.4. The van der Waals surface area contributed by atoms with Gasteiger partial charge in [0, 0.05) is 6.61 Å². The summed E-state index contributed by atoms with van der Waals surface area (Å²) in [4.78, 5) is 3.86. The van der Waals surface area contributed by atoms with Gasteiger partial charge in [-0.1, -0.05) is 69.0 Å². The summed E-state index contributed by atoms with van der Waals surface area (Å²) in [7, 11) is -4.41. The van der Waals surface area contributed by atoms with Crippen LogP contribution in [-0.4, -0.2) is 31.3 Å². The summed E-state index contributed by atoms with van der Waals surface area (Å²) in [5.41, 5.74) is 0. The Bertz CT molecular complexity index is 269. The molecular weight excluding hydrogens is 296 g/mol. The monoisotopic (exact) mass is 328 g/mol. The zero-order valence-corrected chi connectivity index (χ0v) is 14.2. The van der Waals surface area contributed by atoms with Crippen molar-refractivity contribution in [1.82, 2.24) is 0 Å². The van der Waals surface area contributed by atoms with E-state index in [0.29, 0.717) is 6.61 Å². The lowest BCUT2D eigenvalue weighted by molar-refractivity contribution is -0.203. The van der Waals surface area contributed by atoms with Gasteiger partial charge in [-0.15, -0.1) is 0 Å². The molecule has 0 rings (SSSR count). The first-order valence-electron chi connectivity index (χ1n) is 7.87. The molecule has 7 heteroatoms. The van der Waals surface area contributed by atoms with Crippen molar-refractivity contribution in [1.29, 1.82) is 0 Å². The molecule has 0 aromatic carbocycles. The van der Waals surface area contributed by atoms with Crippen LogP contribution in [0.15, 0.2) is 0 Å². The molecular formula is C14H32O6S. The van der Waals surface area contributed by atoms with Crippen LogP contribution in [0.2, 0.25) is 0 Å². The van der Waals surface area contributed by atoms with Gasteiger partial charge in [0.2, 0.25) is 0 Å². The van der Waals surface area contributed by atoms with Gasteiger partial charge in [-0.05, 0) is 13.3 Å². The molecule has 21 heavy (non-hydrogen) atoms. The molecule has 0 spiro atoms. The van der Waals surface area contributed by atoms with E-state index in [1.807, 2.05) is 0 Å². The number of hydrogen-bond donors (Lipinski definition) is 2. The molecule has 0 heterocycles. The van der Waals surface area contributed by atoms with Crippen LogP contribution >= 0.6 is 0 Å². The highest BCUT2D eigenvalue weighted by atomic mass is 32.3. The Kier molecular flexibility index (Phi) is 19.6. The fourth-order valence-electron chi connectivity index (χ4n) is 1.71. The van der Waals surface area contributed by atoms with Crippen LogP contribution in [0.5, 0.6) is 0 Å². The minimum absolute atomic E-state index is 0.0692. The first kappa shape index (κ1) is 23.1. The molecule has 0 aliphatic carbocycles. The van der Waals surface area contributed by atoms with Gasteiger partial charge in [0.25, 0.3) is 0 Å². The maximum atomic E-state index is 9.60. The number of rotatable bonds is 13. The molecule has 0 saturated carbocycles. The SMILES string of the molecule is CCCCCCCCCCCCO.CCOOS(=O)(=O)O. The van der Waals surface area contributed by atoms with E-state index in [2.05, 4.69) is 16.1 Å². The van der Waals surface area contributed by atoms with Crippen molar-refractivity contribution < 1.29 is 27.3 Å². The van der Waals surface area contributed by atoms with E-state index < -0.39 is 10.4 Å². The van der Waals surface area contributed by atoms with Gasteiger partial charge < -0.3 is 5.11 Å². The molecule has 0 aromatic heterocycles. The van der Waals surface area contributed by atoms with E-state index in [4.69, 9.17) is 9.66 Å². The lowest BCUT2D eigenvalue weighted by atomic mass is 10.1. The molecule has 0 aromatic rings. The average Bonchev–Trinajstić information content (AvgIpc) is 2.43. The average molecular weight is 328 g/mol. The fourth-order valence-corrected chi connectivity index (χ4v) is 1.93. The maximum Gasteiger partial charge on any atom is 0.424 e. The summed E-state index contributed by atoms with van der Waals surface area (Å²) in [6.45, 7) is 4.22. The van der Waals surface area contributed by atoms with Crippen LogP contribution < -0.4 is 0 Å². The van der Waals surface area contributed by atoms with Crippen molar-refractivity contribution in [3.8, 4) is 0 Å². The molecule has 0 fully saturated rings. The minimum atomic E-state index is -4.41. The third-order valence-corrected chi connectivity index (χ3v) is 3.03. The molecule has 0 bridgehead atoms. The molecule has 0 saturated heterocycles. The van der Waals surface area contributed by atoms with Crippen molar-refractivity contribution in [3.05, 3.63) is 0 Å². The summed E-state index contributed by atoms with van der Waals surface area (Å²) < 4.78 is 30.4. The predicted molar refractivity (Wildman–Crippen MR) is 83.2 cm³/mol. The summed E-state index contributed by atoms with van der Waals surface area (Å²) in [6.07, 6.45) is 13.3. The van der Waals surface area contributed by atoms with E-state index in [-0.39, 0.29) is 6.61 Å². The molecule has 0 aliphatic rings. The van der Waals surface area contributed by atoms with E-state index in [1.54, 1.807) is 0 Å². The van der Waals surface area contributed by atoms with E-state index in [1.165, 1.54) is 64.7 Å². The molecule has 0 amide bonds. The molecule has 2 N–H and O–H groups in total. The molecule has 6 nitrogen and oxygen atoms in total. The topological polar surface area (TPSA) is 93.1 Å². The van der Waals surface area contributed by atoms with E-state index in [9.17, 15) is 8.42 Å². The highest BCUT2D eigenvalue weighted by molar-refractivity contribution is 7.80. The molecule has 0 radical (unpaired) electrons. The zero-order chi connectivity index (χ0) is 16.4. The fraction of sp³-hybridized carbons (Fsp3) is 1.00. The standard InChI is InChI=1S/C12H26O.C2H6O5S/c1-2-3-4-5-6-7-8-9-10-11-12-13;1-2-6-7-8(3,4)5/h13H,2-12H2,1H3;2H2,1H3,(H,3,4,5). The summed E-state index contributed by atoms with van der Waals surface area (Å²) >= 11 is 0. The molecule has 0 unspecified atom stereocenters. The van der Waals surface area contributed by atoms with Crippen LogP contribution in [0.4, 0.5) is 0 Å². The normalized spacial score (nSPS) is 11.0. The van der Waals surface area contributed by atoms with E-state index >= 15 is 0 Å². The Hall–Kier alpha value is -0.210. The van der Waals surface area contributed by atoms with Crippen molar-refractivity contribution in [2.24, 2.45) is 0 Å². The maximum absolute atomic E-state index is 9.60. The van der Waals surface area contributed by atoms with Gasteiger partial charge in [-0.3, -0.25) is 4.55 Å². The molecule has 130 valence electrons. The van der Waals surface area contributed by atoms with Crippen LogP contribution in [0.25, 0.3) is 0 Å². The number of aliphatic hydroxyl groups excluding tert-OH is 1. The highest BCUT2D eigenvalue weighted by Gasteiger charge is 2.02. The van der Waals surface area contributed by atoms with Crippen LogP contribution in [0, 0.1) is 0 Å². The second kappa shape index (κ2) is 17.8. The van der Waals surface area contributed by atoms with E-state index in [0.717, 1.165) is 6.42 Å². The van der Waals surface area contributed by atoms with Gasteiger partial charge in [-0.2, -0.15) is 8.42 Å². The van der Waals surface area contributed by atoms with Crippen LogP contribution in [0.3, 0.4) is 0 Å². The highest BCUT2D eigenvalue weighted by Crippen LogP contribution is 2.09. The van der Waals surface area contributed by atoms with Gasteiger partial charge in [0.1, 0.15) is 0 Å². The Morgan fingerprint density at radius 2 is 1.24 bits per heavy atom. The summed E-state index contributed by atoms with van der Waals surface area (Å²) in [5, 5.41) is 8.57. The molecule has 0 atom stereocenters. The van der Waals surface area contributed by atoms with Crippen molar-refractivity contribution in [2.45, 2.75) is 78.1 Å². The quantitative estimate of drug-likeness (QED) is 0.232. The van der Waals surface area contributed by atoms with Crippen LogP contribution in [0.1, 0.15) is 78.1 Å². The van der Waals surface area contributed by atoms with Gasteiger partial charge in [0.15, 0.2) is 0 Å². The smallest absolute Gasteiger partial charge is 0.396 e. The lowest BCUT2D eigenvalue weighted by Crippen LogP contribution is -2.03. The first-order valence-corrected chi connectivity index (χ1v) is 9.23. The van der Waals surface area contributed by atoms with Crippen molar-refractivity contribution >= 4 is 10.4 Å². The number of aliphatic hydroxyl groups is 1. The minimum Gasteiger partial charge on any atom is -0.396 e. The molecule has 0 aliphatic heterocycles. The number of hydrogen-bond acceptors (Lipinski definition) is 5. The third kappa shape index (κ3) is 28.6. The summed E-state index contributed by atoms with van der Waals surface area (Å²) in [5.74, 6) is 0. The predicted octanol–water partition coefficient (Wildman–Crippen LogP) is 3.66.